The minimum atomic E-state index is -3.82. The molecule has 0 heterocycles. The van der Waals surface area contributed by atoms with Gasteiger partial charge in [-0.25, -0.2) is 17.5 Å². The Morgan fingerprint density at radius 1 is 1.42 bits per heavy atom. The van der Waals surface area contributed by atoms with E-state index in [2.05, 4.69) is 16.6 Å². The molecule has 4 nitrogen and oxygen atoms in total. The minimum Gasteiger partial charge on any atom is -0.320 e. The van der Waals surface area contributed by atoms with E-state index in [1.807, 2.05) is 13.8 Å². The zero-order chi connectivity index (χ0) is 14.5. The van der Waals surface area contributed by atoms with Crippen molar-refractivity contribution in [2.24, 2.45) is 11.7 Å². The van der Waals surface area contributed by atoms with Crippen molar-refractivity contribution in [3.63, 3.8) is 0 Å². The summed E-state index contributed by atoms with van der Waals surface area (Å²) in [5.74, 6) is 4.55. The van der Waals surface area contributed by atoms with Crippen LogP contribution in [0.15, 0.2) is 23.1 Å². The maximum absolute atomic E-state index is 13.8. The lowest BCUT2D eigenvalue weighted by Gasteiger charge is -2.09. The average molecular weight is 284 g/mol. The van der Waals surface area contributed by atoms with Gasteiger partial charge < -0.3 is 5.73 Å². The molecule has 0 radical (unpaired) electrons. The fourth-order valence-electron chi connectivity index (χ4n) is 1.30. The molecular formula is C13H17FN2O2S. The molecule has 0 aliphatic rings. The molecule has 1 aromatic rings. The standard InChI is InChI=1S/C13H17FN2O2S/c1-10(2)9-16-19(17,18)13-6-5-11(4-3-7-15)8-12(13)14/h5-6,8,10,16H,7,9,15H2,1-2H3. The first-order valence-electron chi connectivity index (χ1n) is 5.85. The topological polar surface area (TPSA) is 72.2 Å². The van der Waals surface area contributed by atoms with E-state index in [1.165, 1.54) is 12.1 Å². The van der Waals surface area contributed by atoms with Crippen LogP contribution in [-0.4, -0.2) is 21.5 Å². The molecule has 0 saturated heterocycles. The maximum Gasteiger partial charge on any atom is 0.243 e. The average Bonchev–Trinajstić information content (AvgIpc) is 2.34. The summed E-state index contributed by atoms with van der Waals surface area (Å²) in [5.41, 5.74) is 5.60. The van der Waals surface area contributed by atoms with Gasteiger partial charge in [0.15, 0.2) is 0 Å². The Labute approximate surface area is 113 Å². The van der Waals surface area contributed by atoms with Crippen molar-refractivity contribution in [3.8, 4) is 11.8 Å². The number of hydrogen-bond donors (Lipinski definition) is 2. The Kier molecular flexibility index (Phi) is 5.48. The summed E-state index contributed by atoms with van der Waals surface area (Å²) in [7, 11) is -3.82. The Morgan fingerprint density at radius 2 is 2.11 bits per heavy atom. The van der Waals surface area contributed by atoms with Crippen LogP contribution in [0.5, 0.6) is 0 Å². The number of sulfonamides is 1. The molecule has 6 heteroatoms. The second-order valence-electron chi connectivity index (χ2n) is 4.40. The molecule has 0 bridgehead atoms. The van der Waals surface area contributed by atoms with Gasteiger partial charge in [-0.2, -0.15) is 0 Å². The van der Waals surface area contributed by atoms with Crippen molar-refractivity contribution < 1.29 is 12.8 Å². The molecular weight excluding hydrogens is 267 g/mol. The molecule has 104 valence electrons. The van der Waals surface area contributed by atoms with Gasteiger partial charge >= 0.3 is 0 Å². The summed E-state index contributed by atoms with van der Waals surface area (Å²) < 4.78 is 39.9. The predicted octanol–water partition coefficient (Wildman–Crippen LogP) is 1.07. The van der Waals surface area contributed by atoms with Crippen LogP contribution >= 0.6 is 0 Å². The molecule has 0 aliphatic carbocycles. The van der Waals surface area contributed by atoms with E-state index in [4.69, 9.17) is 5.73 Å². The van der Waals surface area contributed by atoms with Crippen LogP contribution in [0, 0.1) is 23.6 Å². The lowest BCUT2D eigenvalue weighted by Crippen LogP contribution is -2.28. The number of halogens is 1. The third-order valence-corrected chi connectivity index (χ3v) is 3.69. The van der Waals surface area contributed by atoms with E-state index < -0.39 is 15.8 Å². The highest BCUT2D eigenvalue weighted by molar-refractivity contribution is 7.89. The summed E-state index contributed by atoms with van der Waals surface area (Å²) in [6, 6.07) is 3.75. The summed E-state index contributed by atoms with van der Waals surface area (Å²) in [4.78, 5) is -0.369. The minimum absolute atomic E-state index is 0.146. The summed E-state index contributed by atoms with van der Waals surface area (Å²) >= 11 is 0. The van der Waals surface area contributed by atoms with Crippen molar-refractivity contribution >= 4 is 10.0 Å². The maximum atomic E-state index is 13.8. The second-order valence-corrected chi connectivity index (χ2v) is 6.13. The van der Waals surface area contributed by atoms with Crippen molar-refractivity contribution in [2.75, 3.05) is 13.1 Å². The molecule has 0 fully saturated rings. The molecule has 0 aliphatic heterocycles. The van der Waals surface area contributed by atoms with Crippen LogP contribution in [0.1, 0.15) is 19.4 Å². The van der Waals surface area contributed by atoms with E-state index in [1.54, 1.807) is 0 Å². The third-order valence-electron chi connectivity index (χ3n) is 2.24. The van der Waals surface area contributed by atoms with E-state index >= 15 is 0 Å². The van der Waals surface area contributed by atoms with E-state index in [9.17, 15) is 12.8 Å². The van der Waals surface area contributed by atoms with Crippen LogP contribution in [-0.2, 0) is 10.0 Å². The van der Waals surface area contributed by atoms with Crippen LogP contribution in [0.2, 0.25) is 0 Å². The summed E-state index contributed by atoms with van der Waals surface area (Å²) in [6.45, 7) is 4.16. The molecule has 0 amide bonds. The Morgan fingerprint density at radius 3 is 2.63 bits per heavy atom. The molecule has 0 unspecified atom stereocenters. The molecule has 0 saturated carbocycles. The van der Waals surface area contributed by atoms with Gasteiger partial charge in [0, 0.05) is 12.1 Å². The van der Waals surface area contributed by atoms with Gasteiger partial charge in [-0.15, -0.1) is 0 Å². The largest absolute Gasteiger partial charge is 0.320 e. The normalized spacial score (nSPS) is 11.2. The first kappa shape index (κ1) is 15.6. The zero-order valence-corrected chi connectivity index (χ0v) is 11.7. The van der Waals surface area contributed by atoms with Crippen molar-refractivity contribution in [1.29, 1.82) is 0 Å². The van der Waals surface area contributed by atoms with E-state index in [0.717, 1.165) is 6.07 Å². The number of nitrogens with one attached hydrogen (secondary N) is 1. The Hall–Kier alpha value is -1.42. The second kappa shape index (κ2) is 6.66. The van der Waals surface area contributed by atoms with Crippen LogP contribution in [0.4, 0.5) is 4.39 Å². The monoisotopic (exact) mass is 284 g/mol. The Balaban J connectivity index is 3.02. The van der Waals surface area contributed by atoms with Crippen LogP contribution in [0.3, 0.4) is 0 Å². The first-order valence-corrected chi connectivity index (χ1v) is 7.33. The lowest BCUT2D eigenvalue weighted by molar-refractivity contribution is 0.543. The molecule has 0 atom stereocenters. The van der Waals surface area contributed by atoms with Gasteiger partial charge in [0.05, 0.1) is 6.54 Å². The van der Waals surface area contributed by atoms with Gasteiger partial charge in [-0.1, -0.05) is 25.7 Å². The van der Waals surface area contributed by atoms with Gasteiger partial charge in [0.25, 0.3) is 0 Å². The zero-order valence-electron chi connectivity index (χ0n) is 10.9. The first-order chi connectivity index (χ1) is 8.86. The van der Waals surface area contributed by atoms with Crippen molar-refractivity contribution in [2.45, 2.75) is 18.7 Å². The third kappa shape index (κ3) is 4.63. The molecule has 19 heavy (non-hydrogen) atoms. The highest BCUT2D eigenvalue weighted by atomic mass is 32.2. The molecule has 0 spiro atoms. The lowest BCUT2D eigenvalue weighted by atomic mass is 10.2. The molecule has 3 N–H and O–H groups in total. The number of hydrogen-bond acceptors (Lipinski definition) is 3. The summed E-state index contributed by atoms with van der Waals surface area (Å²) in [6.07, 6.45) is 0. The number of nitrogens with two attached hydrogens (primary N) is 1. The number of benzene rings is 1. The smallest absolute Gasteiger partial charge is 0.243 e. The molecule has 1 aromatic carbocycles. The fourth-order valence-corrected chi connectivity index (χ4v) is 2.57. The molecule has 0 aromatic heterocycles. The van der Waals surface area contributed by atoms with Crippen LogP contribution < -0.4 is 10.5 Å². The highest BCUT2D eigenvalue weighted by Crippen LogP contribution is 2.15. The van der Waals surface area contributed by atoms with Gasteiger partial charge in [0.2, 0.25) is 10.0 Å². The van der Waals surface area contributed by atoms with Crippen LogP contribution in [0.25, 0.3) is 0 Å². The quantitative estimate of drug-likeness (QED) is 0.812. The van der Waals surface area contributed by atoms with Gasteiger partial charge in [-0.3, -0.25) is 0 Å². The van der Waals surface area contributed by atoms with Gasteiger partial charge in [0.1, 0.15) is 10.7 Å². The highest BCUT2D eigenvalue weighted by Gasteiger charge is 2.18. The fraction of sp³-hybridized carbons (Fsp3) is 0.385. The van der Waals surface area contributed by atoms with E-state index in [-0.39, 0.29) is 23.9 Å². The van der Waals surface area contributed by atoms with Crippen molar-refractivity contribution in [1.82, 2.24) is 4.72 Å². The van der Waals surface area contributed by atoms with Crippen molar-refractivity contribution in [3.05, 3.63) is 29.6 Å². The SMILES string of the molecule is CC(C)CNS(=O)(=O)c1ccc(C#CCN)cc1F. The van der Waals surface area contributed by atoms with E-state index in [0.29, 0.717) is 5.56 Å². The number of rotatable bonds is 4. The predicted molar refractivity (Wildman–Crippen MR) is 72.4 cm³/mol. The molecule has 1 rings (SSSR count). The Bertz CT molecular complexity index is 601. The summed E-state index contributed by atoms with van der Waals surface area (Å²) in [5, 5.41) is 0. The van der Waals surface area contributed by atoms with Gasteiger partial charge in [-0.05, 0) is 24.1 Å².